The molecule has 0 radical (unpaired) electrons. The largest absolute Gasteiger partial charge is 0.483 e. The number of aryl methyl sites for hydroxylation is 3. The molecule has 1 unspecified atom stereocenters. The molecule has 0 saturated carbocycles. The summed E-state index contributed by atoms with van der Waals surface area (Å²) in [5, 5.41) is 11.5. The number of hydrogen-bond acceptors (Lipinski definition) is 4. The van der Waals surface area contributed by atoms with E-state index in [-0.39, 0.29) is 12.6 Å². The average Bonchev–Trinajstić information content (AvgIpc) is 2.50. The maximum absolute atomic E-state index is 8.36. The fourth-order valence-corrected chi connectivity index (χ4v) is 2.38. The normalized spacial score (nSPS) is 11.5. The Morgan fingerprint density at radius 2 is 1.96 bits per heavy atom. The minimum Gasteiger partial charge on any atom is -0.483 e. The smallest absolute Gasteiger partial charge is 0.290 e. The van der Waals surface area contributed by atoms with Crippen LogP contribution in [0.15, 0.2) is 18.2 Å². The van der Waals surface area contributed by atoms with Crippen LogP contribution in [0.3, 0.4) is 0 Å². The number of carboxylic acid groups (broad SMARTS) is 1. The van der Waals surface area contributed by atoms with Crippen molar-refractivity contribution in [3.63, 3.8) is 0 Å². The van der Waals surface area contributed by atoms with E-state index in [1.165, 1.54) is 22.1 Å². The summed E-state index contributed by atoms with van der Waals surface area (Å²) in [4.78, 5) is 13.1. The predicted octanol–water partition coefficient (Wildman–Crippen LogP) is 3.70. The lowest BCUT2D eigenvalue weighted by Gasteiger charge is -2.15. The molecule has 0 fully saturated rings. The van der Waals surface area contributed by atoms with Gasteiger partial charge in [0.2, 0.25) is 0 Å². The van der Waals surface area contributed by atoms with Gasteiger partial charge in [-0.2, -0.15) is 0 Å². The molecule has 1 atom stereocenters. The molecule has 2 aromatic rings. The summed E-state index contributed by atoms with van der Waals surface area (Å²) in [5.41, 5.74) is 4.89. The number of benzene rings is 1. The molecule has 0 aliphatic rings. The first-order valence-electron chi connectivity index (χ1n) is 7.75. The molecule has 0 spiro atoms. The van der Waals surface area contributed by atoms with Crippen molar-refractivity contribution in [1.29, 1.82) is 0 Å². The Bertz CT molecular complexity index is 656. The van der Waals surface area contributed by atoms with Gasteiger partial charge in [0.25, 0.3) is 6.47 Å². The molecule has 0 bridgehead atoms. The highest BCUT2D eigenvalue weighted by molar-refractivity contribution is 5.87. The fraction of sp³-hybridized carbons (Fsp3) is 0.444. The van der Waals surface area contributed by atoms with E-state index in [9.17, 15) is 0 Å². The summed E-state index contributed by atoms with van der Waals surface area (Å²) >= 11 is 0. The number of anilines is 1. The summed E-state index contributed by atoms with van der Waals surface area (Å²) < 4.78 is 5.53. The van der Waals surface area contributed by atoms with Crippen LogP contribution in [-0.2, 0) is 9.53 Å². The van der Waals surface area contributed by atoms with Crippen molar-refractivity contribution >= 4 is 23.2 Å². The van der Waals surface area contributed by atoms with Crippen LogP contribution >= 0.6 is 0 Å². The molecule has 0 aliphatic carbocycles. The van der Waals surface area contributed by atoms with Crippen LogP contribution in [0.1, 0.15) is 30.5 Å². The average molecular weight is 318 g/mol. The third-order valence-corrected chi connectivity index (χ3v) is 3.73. The quantitative estimate of drug-likeness (QED) is 0.823. The highest BCUT2D eigenvalue weighted by atomic mass is 16.5. The molecule has 2 rings (SSSR count). The van der Waals surface area contributed by atoms with Crippen molar-refractivity contribution in [3.05, 3.63) is 34.9 Å². The van der Waals surface area contributed by atoms with Crippen LogP contribution in [0.5, 0.6) is 0 Å². The number of rotatable bonds is 5. The minimum absolute atomic E-state index is 0.191. The number of nitrogens with one attached hydrogen (secondary N) is 1. The highest BCUT2D eigenvalue weighted by Gasteiger charge is 2.08. The Morgan fingerprint density at radius 1 is 1.30 bits per heavy atom. The minimum atomic E-state index is -0.250. The number of fused-ring (bicyclic) bond motifs is 1. The molecule has 126 valence electrons. The molecule has 0 aliphatic heterocycles. The highest BCUT2D eigenvalue weighted by Crippen LogP contribution is 2.25. The van der Waals surface area contributed by atoms with E-state index in [0.29, 0.717) is 0 Å². The predicted molar refractivity (Wildman–Crippen MR) is 94.2 cm³/mol. The van der Waals surface area contributed by atoms with Gasteiger partial charge >= 0.3 is 0 Å². The van der Waals surface area contributed by atoms with Gasteiger partial charge in [-0.15, -0.1) is 0 Å². The first-order valence-corrected chi connectivity index (χ1v) is 7.75. The SMILES string of the molecule is CCOC(C)CNc1cc(C)c2ccc(C)c(C)c2n1.O=CO. The van der Waals surface area contributed by atoms with E-state index in [1.54, 1.807) is 0 Å². The van der Waals surface area contributed by atoms with Gasteiger partial charge < -0.3 is 15.2 Å². The molecule has 1 aromatic carbocycles. The van der Waals surface area contributed by atoms with E-state index in [0.717, 1.165) is 24.5 Å². The first-order chi connectivity index (χ1) is 10.9. The second kappa shape index (κ2) is 9.10. The zero-order valence-electron chi connectivity index (χ0n) is 14.5. The zero-order chi connectivity index (χ0) is 17.4. The van der Waals surface area contributed by atoms with Crippen molar-refractivity contribution in [2.45, 2.75) is 40.7 Å². The summed E-state index contributed by atoms with van der Waals surface area (Å²) in [6.07, 6.45) is 0.191. The van der Waals surface area contributed by atoms with E-state index in [4.69, 9.17) is 19.6 Å². The molecule has 1 heterocycles. The van der Waals surface area contributed by atoms with Crippen molar-refractivity contribution in [2.24, 2.45) is 0 Å². The second-order valence-corrected chi connectivity index (χ2v) is 5.48. The number of hydrogen-bond donors (Lipinski definition) is 2. The van der Waals surface area contributed by atoms with Crippen LogP contribution in [0.25, 0.3) is 10.9 Å². The van der Waals surface area contributed by atoms with Gasteiger partial charge in [-0.05, 0) is 57.4 Å². The molecular weight excluding hydrogens is 292 g/mol. The van der Waals surface area contributed by atoms with Gasteiger partial charge in [-0.25, -0.2) is 4.98 Å². The number of nitrogens with zero attached hydrogens (tertiary/aromatic N) is 1. The Kier molecular flexibility index (Phi) is 7.48. The Balaban J connectivity index is 0.000000816. The standard InChI is InChI=1S/C17H24N2O.CH2O2/c1-6-20-13(4)10-18-16-9-12(3)15-8-7-11(2)14(5)17(15)19-16;2-1-3/h7-9,13H,6,10H2,1-5H3,(H,18,19);1H,(H,2,3). The molecule has 2 N–H and O–H groups in total. The second-order valence-electron chi connectivity index (χ2n) is 5.48. The lowest BCUT2D eigenvalue weighted by molar-refractivity contribution is -0.122. The van der Waals surface area contributed by atoms with Crippen LogP contribution in [-0.4, -0.2) is 35.8 Å². The van der Waals surface area contributed by atoms with E-state index in [1.807, 2.05) is 6.92 Å². The Hall–Kier alpha value is -2.14. The molecule has 23 heavy (non-hydrogen) atoms. The van der Waals surface area contributed by atoms with Crippen molar-refractivity contribution in [2.75, 3.05) is 18.5 Å². The van der Waals surface area contributed by atoms with Gasteiger partial charge in [0.1, 0.15) is 5.82 Å². The lowest BCUT2D eigenvalue weighted by Crippen LogP contribution is -2.20. The fourth-order valence-electron chi connectivity index (χ4n) is 2.38. The van der Waals surface area contributed by atoms with E-state index >= 15 is 0 Å². The molecule has 0 saturated heterocycles. The van der Waals surface area contributed by atoms with Gasteiger partial charge in [-0.1, -0.05) is 12.1 Å². The molecule has 0 amide bonds. The van der Waals surface area contributed by atoms with Crippen LogP contribution in [0.4, 0.5) is 5.82 Å². The number of pyridine rings is 1. The zero-order valence-corrected chi connectivity index (χ0v) is 14.5. The Labute approximate surface area is 137 Å². The van der Waals surface area contributed by atoms with E-state index in [2.05, 4.69) is 51.2 Å². The number of carbonyl (C=O) groups is 1. The van der Waals surface area contributed by atoms with Crippen LogP contribution in [0.2, 0.25) is 0 Å². The van der Waals surface area contributed by atoms with Crippen molar-refractivity contribution in [1.82, 2.24) is 4.98 Å². The van der Waals surface area contributed by atoms with Gasteiger partial charge in [0, 0.05) is 18.5 Å². The van der Waals surface area contributed by atoms with Crippen molar-refractivity contribution in [3.8, 4) is 0 Å². The molecule has 5 nitrogen and oxygen atoms in total. The number of aromatic nitrogens is 1. The van der Waals surface area contributed by atoms with Crippen LogP contribution < -0.4 is 5.32 Å². The summed E-state index contributed by atoms with van der Waals surface area (Å²) in [6, 6.07) is 6.43. The Morgan fingerprint density at radius 3 is 2.57 bits per heavy atom. The monoisotopic (exact) mass is 318 g/mol. The maximum atomic E-state index is 8.36. The van der Waals surface area contributed by atoms with Gasteiger partial charge in [0.15, 0.2) is 0 Å². The first kappa shape index (κ1) is 18.9. The molecule has 5 heteroatoms. The van der Waals surface area contributed by atoms with Crippen molar-refractivity contribution < 1.29 is 14.6 Å². The third-order valence-electron chi connectivity index (χ3n) is 3.73. The van der Waals surface area contributed by atoms with E-state index < -0.39 is 0 Å². The molecular formula is C18H26N2O3. The third kappa shape index (κ3) is 5.21. The summed E-state index contributed by atoms with van der Waals surface area (Å²) in [7, 11) is 0. The molecule has 1 aromatic heterocycles. The summed E-state index contributed by atoms with van der Waals surface area (Å²) in [6.45, 7) is 11.7. The van der Waals surface area contributed by atoms with Gasteiger partial charge in [0.05, 0.1) is 11.6 Å². The topological polar surface area (TPSA) is 71.5 Å². The van der Waals surface area contributed by atoms with Gasteiger partial charge in [-0.3, -0.25) is 4.79 Å². The summed E-state index contributed by atoms with van der Waals surface area (Å²) in [5.74, 6) is 0.926. The maximum Gasteiger partial charge on any atom is 0.290 e. The lowest BCUT2D eigenvalue weighted by atomic mass is 10.0. The van der Waals surface area contributed by atoms with Crippen LogP contribution in [0, 0.1) is 20.8 Å². The number of ether oxygens (including phenoxy) is 1.